The molecular weight excluding hydrogens is 256 g/mol. The lowest BCUT2D eigenvalue weighted by Crippen LogP contribution is -2.30. The molecule has 2 heterocycles. The number of halogens is 1. The third-order valence-electron chi connectivity index (χ3n) is 3.07. The molecular formula is C11H15ClN4O2. The number of nitrogens with zero attached hydrogens (tertiary/aromatic N) is 3. The van der Waals surface area contributed by atoms with Crippen molar-refractivity contribution in [2.24, 2.45) is 7.05 Å². The van der Waals surface area contributed by atoms with Crippen LogP contribution in [0.5, 0.6) is 0 Å². The van der Waals surface area contributed by atoms with Gasteiger partial charge in [-0.1, -0.05) is 11.6 Å². The van der Waals surface area contributed by atoms with Gasteiger partial charge in [0.25, 0.3) is 5.56 Å². The van der Waals surface area contributed by atoms with Crippen molar-refractivity contribution in [2.45, 2.75) is 19.4 Å². The number of carbonyl (C=O) groups is 1. The van der Waals surface area contributed by atoms with Gasteiger partial charge in [-0.3, -0.25) is 9.59 Å². The molecule has 0 radical (unpaired) electrons. The zero-order chi connectivity index (χ0) is 13.3. The summed E-state index contributed by atoms with van der Waals surface area (Å²) in [6, 6.07) is 0.111. The number of anilines is 1. The molecule has 0 saturated carbocycles. The summed E-state index contributed by atoms with van der Waals surface area (Å²) in [4.78, 5) is 24.6. The Morgan fingerprint density at radius 1 is 1.61 bits per heavy atom. The van der Waals surface area contributed by atoms with Crippen molar-refractivity contribution in [3.05, 3.63) is 21.6 Å². The molecule has 1 saturated heterocycles. The highest BCUT2D eigenvalue weighted by atomic mass is 35.5. The van der Waals surface area contributed by atoms with Crippen LogP contribution in [0.4, 0.5) is 5.69 Å². The van der Waals surface area contributed by atoms with Crippen molar-refractivity contribution in [3.8, 4) is 0 Å². The van der Waals surface area contributed by atoms with E-state index in [1.54, 1.807) is 18.9 Å². The van der Waals surface area contributed by atoms with Gasteiger partial charge in [0.15, 0.2) is 0 Å². The average Bonchev–Trinajstić information content (AvgIpc) is 2.79. The van der Waals surface area contributed by atoms with Gasteiger partial charge in [0, 0.05) is 33.1 Å². The molecule has 1 N–H and O–H groups in total. The SMILES string of the molecule is CC(=O)N1CCC(Nc2cnn(C)c(=O)c2Cl)C1. The van der Waals surface area contributed by atoms with Crippen molar-refractivity contribution >= 4 is 23.2 Å². The molecule has 18 heavy (non-hydrogen) atoms. The van der Waals surface area contributed by atoms with Crippen LogP contribution in [0.1, 0.15) is 13.3 Å². The van der Waals surface area contributed by atoms with Crippen LogP contribution in [0.2, 0.25) is 5.02 Å². The minimum atomic E-state index is -0.330. The number of likely N-dealkylation sites (tertiary alicyclic amines) is 1. The molecule has 2 rings (SSSR count). The molecule has 7 heteroatoms. The Balaban J connectivity index is 2.10. The Morgan fingerprint density at radius 2 is 2.33 bits per heavy atom. The lowest BCUT2D eigenvalue weighted by Gasteiger charge is -2.16. The van der Waals surface area contributed by atoms with Gasteiger partial charge < -0.3 is 10.2 Å². The van der Waals surface area contributed by atoms with Crippen LogP contribution in [-0.4, -0.2) is 39.7 Å². The number of aryl methyl sites for hydroxylation is 1. The van der Waals surface area contributed by atoms with Gasteiger partial charge in [-0.15, -0.1) is 0 Å². The van der Waals surface area contributed by atoms with E-state index in [-0.39, 0.29) is 22.5 Å². The highest BCUT2D eigenvalue weighted by Gasteiger charge is 2.24. The van der Waals surface area contributed by atoms with Crippen molar-refractivity contribution in [3.63, 3.8) is 0 Å². The number of rotatable bonds is 2. The molecule has 0 bridgehead atoms. The highest BCUT2D eigenvalue weighted by Crippen LogP contribution is 2.20. The first-order chi connectivity index (χ1) is 8.49. The Labute approximate surface area is 110 Å². The maximum Gasteiger partial charge on any atom is 0.287 e. The Kier molecular flexibility index (Phi) is 3.56. The summed E-state index contributed by atoms with van der Waals surface area (Å²) in [6.07, 6.45) is 2.37. The summed E-state index contributed by atoms with van der Waals surface area (Å²) in [7, 11) is 1.55. The van der Waals surface area contributed by atoms with Crippen LogP contribution in [-0.2, 0) is 11.8 Å². The van der Waals surface area contributed by atoms with E-state index >= 15 is 0 Å². The summed E-state index contributed by atoms with van der Waals surface area (Å²) < 4.78 is 1.18. The van der Waals surface area contributed by atoms with Gasteiger partial charge in [0.05, 0.1) is 11.9 Å². The monoisotopic (exact) mass is 270 g/mol. The van der Waals surface area contributed by atoms with E-state index < -0.39 is 0 Å². The van der Waals surface area contributed by atoms with Crippen molar-refractivity contribution < 1.29 is 4.79 Å². The first-order valence-electron chi connectivity index (χ1n) is 5.73. The third-order valence-corrected chi connectivity index (χ3v) is 3.44. The summed E-state index contributed by atoms with van der Waals surface area (Å²) in [5.41, 5.74) is 0.193. The van der Waals surface area contributed by atoms with Crippen molar-refractivity contribution in [1.29, 1.82) is 0 Å². The standard InChI is InChI=1S/C11H15ClN4O2/c1-7(17)16-4-3-8(6-16)14-9-5-13-15(2)11(18)10(9)12/h5,8,14H,3-4,6H2,1-2H3. The second-order valence-corrected chi connectivity index (χ2v) is 4.77. The van der Waals surface area contributed by atoms with Gasteiger partial charge in [-0.2, -0.15) is 5.10 Å². The first kappa shape index (κ1) is 12.9. The smallest absolute Gasteiger partial charge is 0.287 e. The zero-order valence-electron chi connectivity index (χ0n) is 10.3. The number of hydrogen-bond acceptors (Lipinski definition) is 4. The maximum atomic E-state index is 11.6. The van der Waals surface area contributed by atoms with Crippen LogP contribution in [0.3, 0.4) is 0 Å². The summed E-state index contributed by atoms with van der Waals surface area (Å²) in [5.74, 6) is 0.0625. The van der Waals surface area contributed by atoms with Crippen LogP contribution in [0.15, 0.2) is 11.0 Å². The Hall–Kier alpha value is -1.56. The predicted octanol–water partition coefficient (Wildman–Crippen LogP) is 0.466. The van der Waals surface area contributed by atoms with E-state index in [1.165, 1.54) is 10.9 Å². The van der Waals surface area contributed by atoms with Crippen molar-refractivity contribution in [1.82, 2.24) is 14.7 Å². The number of carbonyl (C=O) groups excluding carboxylic acids is 1. The van der Waals surface area contributed by atoms with E-state index in [9.17, 15) is 9.59 Å². The third kappa shape index (κ3) is 2.48. The van der Waals surface area contributed by atoms with Crippen LogP contribution >= 0.6 is 11.6 Å². The fourth-order valence-electron chi connectivity index (χ4n) is 2.00. The largest absolute Gasteiger partial charge is 0.378 e. The van der Waals surface area contributed by atoms with Crippen LogP contribution in [0.25, 0.3) is 0 Å². The minimum Gasteiger partial charge on any atom is -0.378 e. The Morgan fingerprint density at radius 3 is 2.94 bits per heavy atom. The van der Waals surface area contributed by atoms with Gasteiger partial charge in [0.1, 0.15) is 5.02 Å². The van der Waals surface area contributed by atoms with E-state index in [0.29, 0.717) is 12.2 Å². The van der Waals surface area contributed by atoms with Crippen molar-refractivity contribution in [2.75, 3.05) is 18.4 Å². The quantitative estimate of drug-likeness (QED) is 0.848. The molecule has 1 aliphatic heterocycles. The van der Waals surface area contributed by atoms with E-state index in [1.807, 2.05) is 0 Å². The van der Waals surface area contributed by atoms with Gasteiger partial charge in [-0.05, 0) is 6.42 Å². The van der Waals surface area contributed by atoms with E-state index in [0.717, 1.165) is 13.0 Å². The average molecular weight is 271 g/mol. The highest BCUT2D eigenvalue weighted by molar-refractivity contribution is 6.32. The fourth-order valence-corrected chi connectivity index (χ4v) is 2.22. The molecule has 1 atom stereocenters. The summed E-state index contributed by atoms with van der Waals surface area (Å²) in [6.45, 7) is 2.90. The fraction of sp³-hybridized carbons (Fsp3) is 0.545. The lowest BCUT2D eigenvalue weighted by atomic mass is 10.2. The normalized spacial score (nSPS) is 19.1. The first-order valence-corrected chi connectivity index (χ1v) is 6.10. The molecule has 1 aromatic heterocycles. The van der Waals surface area contributed by atoms with Gasteiger partial charge in [0.2, 0.25) is 5.91 Å². The topological polar surface area (TPSA) is 67.2 Å². The van der Waals surface area contributed by atoms with E-state index in [2.05, 4.69) is 10.4 Å². The lowest BCUT2D eigenvalue weighted by molar-refractivity contribution is -0.127. The molecule has 1 fully saturated rings. The molecule has 1 aromatic rings. The van der Waals surface area contributed by atoms with Gasteiger partial charge >= 0.3 is 0 Å². The summed E-state index contributed by atoms with van der Waals surface area (Å²) >= 11 is 5.96. The maximum absolute atomic E-state index is 11.6. The molecule has 1 amide bonds. The molecule has 0 aromatic carbocycles. The van der Waals surface area contributed by atoms with E-state index in [4.69, 9.17) is 11.6 Å². The molecule has 0 aliphatic carbocycles. The molecule has 1 unspecified atom stereocenters. The number of aromatic nitrogens is 2. The predicted molar refractivity (Wildman–Crippen MR) is 68.8 cm³/mol. The molecule has 0 spiro atoms. The van der Waals surface area contributed by atoms with Crippen LogP contribution in [0, 0.1) is 0 Å². The Bertz CT molecular complexity index is 528. The molecule has 6 nitrogen and oxygen atoms in total. The molecule has 98 valence electrons. The number of nitrogens with one attached hydrogen (secondary N) is 1. The zero-order valence-corrected chi connectivity index (χ0v) is 11.1. The minimum absolute atomic E-state index is 0.0625. The summed E-state index contributed by atoms with van der Waals surface area (Å²) in [5, 5.41) is 7.21. The number of hydrogen-bond donors (Lipinski definition) is 1. The van der Waals surface area contributed by atoms with Crippen LogP contribution < -0.4 is 10.9 Å². The van der Waals surface area contributed by atoms with Gasteiger partial charge in [-0.25, -0.2) is 4.68 Å². The molecule has 1 aliphatic rings. The second-order valence-electron chi connectivity index (χ2n) is 4.40. The second kappa shape index (κ2) is 4.97. The number of amides is 1.